The number of rotatable bonds is 9. The summed E-state index contributed by atoms with van der Waals surface area (Å²) in [4.78, 5) is 34.3. The average Bonchev–Trinajstić information content (AvgIpc) is 3.25. The Bertz CT molecular complexity index is 1740. The Morgan fingerprint density at radius 3 is 2.11 bits per heavy atom. The molecule has 0 radical (unpaired) electrons. The number of pyridine rings is 1. The van der Waals surface area contributed by atoms with E-state index >= 15 is 8.78 Å². The molecule has 1 aliphatic heterocycles. The van der Waals surface area contributed by atoms with E-state index in [1.807, 2.05) is 7.05 Å². The summed E-state index contributed by atoms with van der Waals surface area (Å²) in [5.74, 6) is -2.60. The number of benzene rings is 2. The molecule has 4 aromatic rings. The molecule has 0 bridgehead atoms. The Kier molecular flexibility index (Phi) is 9.14. The van der Waals surface area contributed by atoms with E-state index < -0.39 is 41.0 Å². The number of carbonyl (C=O) groups is 1. The predicted octanol–water partition coefficient (Wildman–Crippen LogP) is 5.20. The smallest absolute Gasteiger partial charge is 0.387 e. The lowest BCUT2D eigenvalue weighted by Gasteiger charge is -2.29. The maximum absolute atomic E-state index is 15.5. The number of ether oxygens (including phenoxy) is 3. The fraction of sp³-hybridized carbons (Fsp3) is 0.323. The van der Waals surface area contributed by atoms with E-state index in [1.165, 1.54) is 44.1 Å². The molecule has 1 amide bonds. The monoisotopic (exact) mass is 629 g/mol. The van der Waals surface area contributed by atoms with Crippen molar-refractivity contribution in [2.24, 2.45) is 7.05 Å². The van der Waals surface area contributed by atoms with Gasteiger partial charge in [-0.1, -0.05) is 0 Å². The van der Waals surface area contributed by atoms with Gasteiger partial charge >= 0.3 is 6.61 Å². The molecule has 0 spiro atoms. The number of halogens is 4. The molecule has 14 heteroatoms. The summed E-state index contributed by atoms with van der Waals surface area (Å²) in [5, 5.41) is 2.47. The van der Waals surface area contributed by atoms with Crippen LogP contribution in [0.4, 0.5) is 23.2 Å². The van der Waals surface area contributed by atoms with Crippen LogP contribution in [0, 0.1) is 11.6 Å². The molecular formula is C31H31F4N5O5. The lowest BCUT2D eigenvalue weighted by Crippen LogP contribution is -2.30. The number of anilines is 1. The van der Waals surface area contributed by atoms with Crippen molar-refractivity contribution in [3.8, 4) is 34.3 Å². The second-order valence-electron chi connectivity index (χ2n) is 10.6. The van der Waals surface area contributed by atoms with E-state index in [-0.39, 0.29) is 34.5 Å². The molecule has 1 N–H and O–H groups in total. The van der Waals surface area contributed by atoms with Crippen molar-refractivity contribution in [3.05, 3.63) is 81.8 Å². The van der Waals surface area contributed by atoms with Crippen LogP contribution in [-0.4, -0.2) is 66.1 Å². The van der Waals surface area contributed by atoms with Crippen molar-refractivity contribution in [1.82, 2.24) is 19.2 Å². The summed E-state index contributed by atoms with van der Waals surface area (Å²) >= 11 is 0. The van der Waals surface area contributed by atoms with Crippen LogP contribution < -0.4 is 25.1 Å². The minimum Gasteiger partial charge on any atom is -0.497 e. The van der Waals surface area contributed by atoms with Gasteiger partial charge in [-0.15, -0.1) is 0 Å². The number of amides is 1. The molecule has 1 fully saturated rings. The quantitative estimate of drug-likeness (QED) is 0.254. The van der Waals surface area contributed by atoms with Crippen LogP contribution in [0.5, 0.6) is 17.2 Å². The zero-order chi connectivity index (χ0) is 32.4. The second-order valence-corrected chi connectivity index (χ2v) is 10.6. The standard InChI is InChI=1S/C31H31F4N5O5/c1-38-11-9-17(10-12-38)24-15-21(44-4)16-25(36-24)40-30(42)27(37-29(41)18-5-7-19(8-6-18)45-31(34)35)28(39(40)2)26-22(32)13-20(43-3)14-23(26)33/h5-8,13-17,31H,9-12H2,1-4H3,(H,37,41). The number of nitrogens with zero attached hydrogens (tertiary/aromatic N) is 4. The summed E-state index contributed by atoms with van der Waals surface area (Å²) in [6.07, 6.45) is 1.65. The summed E-state index contributed by atoms with van der Waals surface area (Å²) < 4.78 is 73.2. The van der Waals surface area contributed by atoms with Gasteiger partial charge in [-0.2, -0.15) is 13.5 Å². The summed E-state index contributed by atoms with van der Waals surface area (Å²) in [6, 6.07) is 9.93. The maximum atomic E-state index is 15.5. The van der Waals surface area contributed by atoms with Crippen molar-refractivity contribution in [1.29, 1.82) is 0 Å². The SMILES string of the molecule is COc1cc(C2CCN(C)CC2)nc(-n2c(=O)c(NC(=O)c3ccc(OC(F)F)cc3)c(-c3c(F)cc(OC)cc3F)n2C)c1. The van der Waals surface area contributed by atoms with Gasteiger partial charge in [0, 0.05) is 48.5 Å². The van der Waals surface area contributed by atoms with E-state index in [0.29, 0.717) is 11.4 Å². The Morgan fingerprint density at radius 2 is 1.53 bits per heavy atom. The highest BCUT2D eigenvalue weighted by Crippen LogP contribution is 2.35. The molecule has 238 valence electrons. The number of hydrogen-bond acceptors (Lipinski definition) is 7. The van der Waals surface area contributed by atoms with Gasteiger partial charge in [-0.25, -0.2) is 13.8 Å². The first kappa shape index (κ1) is 31.6. The lowest BCUT2D eigenvalue weighted by atomic mass is 9.93. The fourth-order valence-electron chi connectivity index (χ4n) is 5.38. The lowest BCUT2D eigenvalue weighted by molar-refractivity contribution is -0.0498. The van der Waals surface area contributed by atoms with Crippen LogP contribution in [-0.2, 0) is 7.05 Å². The number of piperidine rings is 1. The zero-order valence-corrected chi connectivity index (χ0v) is 24.9. The zero-order valence-electron chi connectivity index (χ0n) is 24.9. The first-order chi connectivity index (χ1) is 21.5. The van der Waals surface area contributed by atoms with Crippen molar-refractivity contribution < 1.29 is 36.6 Å². The molecule has 0 atom stereocenters. The highest BCUT2D eigenvalue weighted by Gasteiger charge is 2.29. The molecule has 1 aliphatic rings. The van der Waals surface area contributed by atoms with Gasteiger partial charge in [0.25, 0.3) is 11.5 Å². The van der Waals surface area contributed by atoms with Gasteiger partial charge in [0.2, 0.25) is 0 Å². The van der Waals surface area contributed by atoms with Gasteiger partial charge in [-0.05, 0) is 57.2 Å². The van der Waals surface area contributed by atoms with Gasteiger partial charge in [-0.3, -0.25) is 14.3 Å². The van der Waals surface area contributed by atoms with E-state index in [2.05, 4.69) is 15.0 Å². The van der Waals surface area contributed by atoms with E-state index in [1.54, 1.807) is 6.07 Å². The first-order valence-corrected chi connectivity index (χ1v) is 14.0. The third-order valence-electron chi connectivity index (χ3n) is 7.73. The minimum atomic E-state index is -3.06. The number of likely N-dealkylation sites (tertiary alicyclic amines) is 1. The third kappa shape index (κ3) is 6.50. The summed E-state index contributed by atoms with van der Waals surface area (Å²) in [6.45, 7) is -1.35. The van der Waals surface area contributed by atoms with Crippen LogP contribution in [0.25, 0.3) is 17.1 Å². The number of alkyl halides is 2. The van der Waals surface area contributed by atoms with Crippen LogP contribution in [0.3, 0.4) is 0 Å². The minimum absolute atomic E-state index is 0.0305. The highest BCUT2D eigenvalue weighted by molar-refractivity contribution is 6.06. The maximum Gasteiger partial charge on any atom is 0.387 e. The normalized spacial score (nSPS) is 14.1. The Morgan fingerprint density at radius 1 is 0.933 bits per heavy atom. The Hall–Kier alpha value is -4.85. The molecule has 1 saturated heterocycles. The molecular weight excluding hydrogens is 598 g/mol. The Balaban J connectivity index is 1.66. The number of carbonyl (C=O) groups excluding carboxylic acids is 1. The van der Waals surface area contributed by atoms with Crippen LogP contribution >= 0.6 is 0 Å². The Labute approximate surface area is 255 Å². The van der Waals surface area contributed by atoms with Crippen molar-refractivity contribution >= 4 is 11.6 Å². The van der Waals surface area contributed by atoms with Crippen molar-refractivity contribution in [3.63, 3.8) is 0 Å². The molecule has 3 heterocycles. The van der Waals surface area contributed by atoms with E-state index in [0.717, 1.165) is 54.9 Å². The molecule has 45 heavy (non-hydrogen) atoms. The number of hydrogen-bond donors (Lipinski definition) is 1. The van der Waals surface area contributed by atoms with Crippen molar-refractivity contribution in [2.75, 3.05) is 39.7 Å². The highest BCUT2D eigenvalue weighted by atomic mass is 19.3. The first-order valence-electron chi connectivity index (χ1n) is 14.0. The van der Waals surface area contributed by atoms with Gasteiger partial charge in [0.15, 0.2) is 5.82 Å². The summed E-state index contributed by atoms with van der Waals surface area (Å²) in [7, 11) is 6.16. The van der Waals surface area contributed by atoms with E-state index in [9.17, 15) is 18.4 Å². The predicted molar refractivity (Wildman–Crippen MR) is 158 cm³/mol. The molecule has 0 saturated carbocycles. The largest absolute Gasteiger partial charge is 0.497 e. The molecule has 0 unspecified atom stereocenters. The van der Waals surface area contributed by atoms with Gasteiger partial charge in [0.05, 0.1) is 19.8 Å². The van der Waals surface area contributed by atoms with Crippen molar-refractivity contribution in [2.45, 2.75) is 25.4 Å². The van der Waals surface area contributed by atoms with Crippen LogP contribution in [0.15, 0.2) is 53.3 Å². The summed E-state index contributed by atoms with van der Waals surface area (Å²) in [5.41, 5.74) is -1.49. The topological polar surface area (TPSA) is 99.9 Å². The fourth-order valence-corrected chi connectivity index (χ4v) is 5.38. The third-order valence-corrected chi connectivity index (χ3v) is 7.73. The van der Waals surface area contributed by atoms with E-state index in [4.69, 9.17) is 14.5 Å². The number of methoxy groups -OCH3 is 2. The van der Waals surface area contributed by atoms with Crippen LogP contribution in [0.1, 0.15) is 34.8 Å². The second kappa shape index (κ2) is 13.0. The number of aromatic nitrogens is 3. The molecule has 0 aliphatic carbocycles. The van der Waals surface area contributed by atoms with Gasteiger partial charge in [0.1, 0.15) is 40.3 Å². The molecule has 2 aromatic carbocycles. The molecule has 10 nitrogen and oxygen atoms in total. The average molecular weight is 630 g/mol. The number of nitrogens with one attached hydrogen (secondary N) is 1. The molecule has 5 rings (SSSR count). The van der Waals surface area contributed by atoms with Crippen LogP contribution in [0.2, 0.25) is 0 Å². The van der Waals surface area contributed by atoms with Gasteiger partial charge < -0.3 is 24.4 Å². The molecule has 2 aromatic heterocycles.